The third kappa shape index (κ3) is 4.63. The van der Waals surface area contributed by atoms with Crippen LogP contribution in [0.15, 0.2) is 53.4 Å². The Morgan fingerprint density at radius 2 is 1.60 bits per heavy atom. The van der Waals surface area contributed by atoms with Crippen molar-refractivity contribution in [1.82, 2.24) is 14.2 Å². The number of hydrogen-bond donors (Lipinski definition) is 0. The highest BCUT2D eigenvalue weighted by atomic mass is 32.2. The molecule has 9 heteroatoms. The van der Waals surface area contributed by atoms with Crippen LogP contribution in [0.5, 0.6) is 0 Å². The molecule has 0 aliphatic carbocycles. The summed E-state index contributed by atoms with van der Waals surface area (Å²) in [5.41, 5.74) is 3.41. The third-order valence-corrected chi connectivity index (χ3v) is 8.80. The Balaban J connectivity index is 1.39. The fraction of sp³-hybridized carbons (Fsp3) is 0.385. The molecule has 0 saturated carbocycles. The first-order chi connectivity index (χ1) is 16.8. The van der Waals surface area contributed by atoms with Crippen LogP contribution in [0.3, 0.4) is 0 Å². The molecule has 35 heavy (non-hydrogen) atoms. The van der Waals surface area contributed by atoms with Gasteiger partial charge in [-0.2, -0.15) is 4.31 Å². The first kappa shape index (κ1) is 23.7. The number of aromatic nitrogens is 1. The smallest absolute Gasteiger partial charge is 0.254 e. The van der Waals surface area contributed by atoms with Gasteiger partial charge < -0.3 is 14.5 Å². The van der Waals surface area contributed by atoms with Crippen LogP contribution in [-0.2, 0) is 14.8 Å². The van der Waals surface area contributed by atoms with E-state index in [1.165, 1.54) is 4.31 Å². The van der Waals surface area contributed by atoms with Crippen LogP contribution in [0.4, 0.5) is 5.82 Å². The third-order valence-electron chi connectivity index (χ3n) is 6.91. The molecule has 0 atom stereocenters. The number of anilines is 1. The van der Waals surface area contributed by atoms with Crippen LogP contribution >= 0.6 is 0 Å². The predicted octanol–water partition coefficient (Wildman–Crippen LogP) is 2.83. The number of hydrogen-bond acceptors (Lipinski definition) is 6. The Hall–Kier alpha value is -3.01. The molecule has 184 valence electrons. The van der Waals surface area contributed by atoms with Gasteiger partial charge in [-0.3, -0.25) is 4.79 Å². The van der Waals surface area contributed by atoms with Crippen molar-refractivity contribution in [2.24, 2.45) is 0 Å². The number of piperazine rings is 1. The Kier molecular flexibility index (Phi) is 6.48. The molecule has 0 radical (unpaired) electrons. The summed E-state index contributed by atoms with van der Waals surface area (Å²) in [6.45, 7) is 7.83. The molecule has 3 heterocycles. The van der Waals surface area contributed by atoms with Gasteiger partial charge in [0, 0.05) is 44.7 Å². The molecule has 2 aromatic carbocycles. The van der Waals surface area contributed by atoms with Crippen molar-refractivity contribution in [2.75, 3.05) is 57.4 Å². The highest BCUT2D eigenvalue weighted by molar-refractivity contribution is 7.89. The number of morpholine rings is 1. The van der Waals surface area contributed by atoms with Crippen LogP contribution in [0.1, 0.15) is 21.5 Å². The van der Waals surface area contributed by atoms with E-state index in [2.05, 4.69) is 4.90 Å². The number of para-hydroxylation sites is 1. The Morgan fingerprint density at radius 1 is 0.886 bits per heavy atom. The van der Waals surface area contributed by atoms with Crippen molar-refractivity contribution in [2.45, 2.75) is 18.7 Å². The molecule has 1 amide bonds. The second kappa shape index (κ2) is 9.56. The number of pyridine rings is 1. The number of nitrogens with zero attached hydrogens (tertiary/aromatic N) is 4. The quantitative estimate of drug-likeness (QED) is 0.555. The lowest BCUT2D eigenvalue weighted by Crippen LogP contribution is -2.49. The van der Waals surface area contributed by atoms with Gasteiger partial charge in [0.25, 0.3) is 5.91 Å². The molecule has 3 aromatic rings. The molecule has 0 spiro atoms. The number of ether oxygens (including phenoxy) is 1. The van der Waals surface area contributed by atoms with Gasteiger partial charge in [-0.05, 0) is 49.2 Å². The van der Waals surface area contributed by atoms with Crippen LogP contribution in [-0.4, -0.2) is 81.0 Å². The molecule has 2 aliphatic heterocycles. The zero-order chi connectivity index (χ0) is 24.6. The molecule has 2 saturated heterocycles. The van der Waals surface area contributed by atoms with E-state index in [0.29, 0.717) is 68.8 Å². The maximum Gasteiger partial charge on any atom is 0.254 e. The molecular formula is C26H30N4O4S. The topological polar surface area (TPSA) is 83.1 Å². The van der Waals surface area contributed by atoms with Gasteiger partial charge in [-0.1, -0.05) is 24.3 Å². The maximum atomic E-state index is 13.4. The molecule has 2 fully saturated rings. The van der Waals surface area contributed by atoms with Crippen molar-refractivity contribution in [3.63, 3.8) is 0 Å². The van der Waals surface area contributed by atoms with E-state index >= 15 is 0 Å². The fourth-order valence-electron chi connectivity index (χ4n) is 4.62. The summed E-state index contributed by atoms with van der Waals surface area (Å²) >= 11 is 0. The monoisotopic (exact) mass is 494 g/mol. The van der Waals surface area contributed by atoms with Crippen LogP contribution in [0.25, 0.3) is 10.9 Å². The standard InChI is InChI=1S/C26H30N4O4S/c1-19-7-8-21(17-20(19)2)35(32,33)30-11-9-28(10-12-30)25-18-23(22-5-3-4-6-24(22)27-25)26(31)29-13-15-34-16-14-29/h3-8,17-18H,9-16H2,1-2H3. The van der Waals surface area contributed by atoms with Crippen molar-refractivity contribution in [3.05, 3.63) is 65.2 Å². The first-order valence-electron chi connectivity index (χ1n) is 11.9. The summed E-state index contributed by atoms with van der Waals surface area (Å²) in [5.74, 6) is 0.674. The normalized spacial score (nSPS) is 17.7. The largest absolute Gasteiger partial charge is 0.378 e. The zero-order valence-electron chi connectivity index (χ0n) is 20.1. The van der Waals surface area contributed by atoms with E-state index in [-0.39, 0.29) is 5.91 Å². The van der Waals surface area contributed by atoms with Gasteiger partial charge >= 0.3 is 0 Å². The summed E-state index contributed by atoms with van der Waals surface area (Å²) in [6.07, 6.45) is 0. The number of rotatable bonds is 4. The number of fused-ring (bicyclic) bond motifs is 1. The van der Waals surface area contributed by atoms with Crippen molar-refractivity contribution in [3.8, 4) is 0 Å². The molecule has 5 rings (SSSR count). The zero-order valence-corrected chi connectivity index (χ0v) is 20.9. The van der Waals surface area contributed by atoms with Gasteiger partial charge in [0.2, 0.25) is 10.0 Å². The highest BCUT2D eigenvalue weighted by Crippen LogP contribution is 2.27. The fourth-order valence-corrected chi connectivity index (χ4v) is 6.13. The average molecular weight is 495 g/mol. The molecule has 0 N–H and O–H groups in total. The van der Waals surface area contributed by atoms with E-state index in [1.54, 1.807) is 12.1 Å². The second-order valence-electron chi connectivity index (χ2n) is 9.09. The molecule has 2 aliphatic rings. The van der Waals surface area contributed by atoms with E-state index in [9.17, 15) is 13.2 Å². The minimum atomic E-state index is -3.56. The number of amides is 1. The summed E-state index contributed by atoms with van der Waals surface area (Å²) < 4.78 is 33.4. The Morgan fingerprint density at radius 3 is 2.31 bits per heavy atom. The summed E-state index contributed by atoms with van der Waals surface area (Å²) in [7, 11) is -3.56. The van der Waals surface area contributed by atoms with Gasteiger partial charge in [0.15, 0.2) is 0 Å². The summed E-state index contributed by atoms with van der Waals surface area (Å²) in [5, 5.41) is 0.823. The molecular weight excluding hydrogens is 464 g/mol. The maximum absolute atomic E-state index is 13.4. The van der Waals surface area contributed by atoms with E-state index in [4.69, 9.17) is 9.72 Å². The van der Waals surface area contributed by atoms with E-state index in [1.807, 2.05) is 55.1 Å². The lowest BCUT2D eigenvalue weighted by Gasteiger charge is -2.35. The SMILES string of the molecule is Cc1ccc(S(=O)(=O)N2CCN(c3cc(C(=O)N4CCOCC4)c4ccccc4n3)CC2)cc1C. The Bertz CT molecular complexity index is 1360. The lowest BCUT2D eigenvalue weighted by atomic mass is 10.1. The number of aryl methyl sites for hydroxylation is 2. The van der Waals surface area contributed by atoms with Crippen LogP contribution < -0.4 is 4.90 Å². The Labute approximate surface area is 206 Å². The first-order valence-corrected chi connectivity index (χ1v) is 13.4. The summed E-state index contributed by atoms with van der Waals surface area (Å²) in [6, 6.07) is 14.8. The van der Waals surface area contributed by atoms with Crippen molar-refractivity contribution >= 4 is 32.7 Å². The molecule has 8 nitrogen and oxygen atoms in total. The molecule has 1 aromatic heterocycles. The lowest BCUT2D eigenvalue weighted by molar-refractivity contribution is 0.0304. The average Bonchev–Trinajstić information content (AvgIpc) is 2.89. The van der Waals surface area contributed by atoms with Gasteiger partial charge in [-0.15, -0.1) is 0 Å². The minimum Gasteiger partial charge on any atom is -0.378 e. The number of sulfonamides is 1. The number of carbonyl (C=O) groups is 1. The molecule has 0 bridgehead atoms. The van der Waals surface area contributed by atoms with Crippen LogP contribution in [0.2, 0.25) is 0 Å². The number of benzene rings is 2. The van der Waals surface area contributed by atoms with E-state index in [0.717, 1.165) is 22.0 Å². The second-order valence-corrected chi connectivity index (χ2v) is 11.0. The van der Waals surface area contributed by atoms with Crippen molar-refractivity contribution < 1.29 is 17.9 Å². The minimum absolute atomic E-state index is 0.0240. The van der Waals surface area contributed by atoms with Crippen molar-refractivity contribution in [1.29, 1.82) is 0 Å². The number of carbonyl (C=O) groups excluding carboxylic acids is 1. The van der Waals surface area contributed by atoms with Gasteiger partial charge in [0.05, 0.1) is 29.2 Å². The summed E-state index contributed by atoms with van der Waals surface area (Å²) in [4.78, 5) is 22.4. The predicted molar refractivity (Wildman–Crippen MR) is 135 cm³/mol. The molecule has 0 unspecified atom stereocenters. The van der Waals surface area contributed by atoms with Gasteiger partial charge in [0.1, 0.15) is 5.82 Å². The van der Waals surface area contributed by atoms with E-state index < -0.39 is 10.0 Å². The van der Waals surface area contributed by atoms with Gasteiger partial charge in [-0.25, -0.2) is 13.4 Å². The van der Waals surface area contributed by atoms with Crippen LogP contribution in [0, 0.1) is 13.8 Å². The highest BCUT2D eigenvalue weighted by Gasteiger charge is 2.30.